The molecule has 0 N–H and O–H groups in total. The maximum absolute atomic E-state index is 13.6. The van der Waals surface area contributed by atoms with Crippen LogP contribution in [0, 0.1) is 5.92 Å². The number of likely N-dealkylation sites (tertiary alicyclic amines) is 1. The summed E-state index contributed by atoms with van der Waals surface area (Å²) in [7, 11) is 7.57. The molecule has 4 rings (SSSR count). The third-order valence-electron chi connectivity index (χ3n) is 7.28. The SMILES string of the molecule is COc1ccc(C2=CC(=O)N3C=C(N4CCC(N(C)C)CC4)C=C(C)C3=CCC2C)cc1OC. The number of methoxy groups -OCH3 is 2. The first kappa shape index (κ1) is 24.1. The Kier molecular flexibility index (Phi) is 7.17. The third kappa shape index (κ3) is 4.78. The zero-order valence-electron chi connectivity index (χ0n) is 21.3. The Morgan fingerprint density at radius 2 is 1.74 bits per heavy atom. The molecule has 182 valence electrons. The number of hydrogen-bond acceptors (Lipinski definition) is 5. The van der Waals surface area contributed by atoms with E-state index in [0.717, 1.165) is 60.5 Å². The number of allylic oxidation sites excluding steroid dienone is 4. The van der Waals surface area contributed by atoms with E-state index in [9.17, 15) is 4.79 Å². The topological polar surface area (TPSA) is 45.2 Å². The molecule has 0 bridgehead atoms. The van der Waals surface area contributed by atoms with Gasteiger partial charge in [-0.2, -0.15) is 0 Å². The number of fused-ring (bicyclic) bond motifs is 1. The molecular formula is C28H37N3O3. The van der Waals surface area contributed by atoms with Crippen molar-refractivity contribution in [1.82, 2.24) is 14.7 Å². The molecule has 0 radical (unpaired) electrons. The highest BCUT2D eigenvalue weighted by Crippen LogP contribution is 2.37. The Morgan fingerprint density at radius 1 is 1.03 bits per heavy atom. The molecule has 1 amide bonds. The van der Waals surface area contributed by atoms with Crippen molar-refractivity contribution in [3.63, 3.8) is 0 Å². The molecule has 1 aromatic rings. The molecule has 1 fully saturated rings. The van der Waals surface area contributed by atoms with Crippen LogP contribution in [0.2, 0.25) is 0 Å². The van der Waals surface area contributed by atoms with Crippen LogP contribution in [0.3, 0.4) is 0 Å². The van der Waals surface area contributed by atoms with E-state index in [1.54, 1.807) is 20.3 Å². The predicted molar refractivity (Wildman–Crippen MR) is 136 cm³/mol. The first-order chi connectivity index (χ1) is 16.3. The summed E-state index contributed by atoms with van der Waals surface area (Å²) >= 11 is 0. The van der Waals surface area contributed by atoms with Crippen molar-refractivity contribution in [2.75, 3.05) is 41.4 Å². The van der Waals surface area contributed by atoms with Gasteiger partial charge < -0.3 is 19.3 Å². The van der Waals surface area contributed by atoms with E-state index in [1.165, 1.54) is 0 Å². The standard InChI is InChI=1S/C28H37N3O3/c1-19-7-9-25-20(2)15-23(30-13-11-22(12-14-30)29(3)4)18-31(25)28(32)17-24(19)21-8-10-26(33-5)27(16-21)34-6/h8-10,15-19,22H,7,11-14H2,1-6H3. The van der Waals surface area contributed by atoms with Crippen molar-refractivity contribution in [2.24, 2.45) is 5.92 Å². The summed E-state index contributed by atoms with van der Waals surface area (Å²) in [5, 5.41) is 0. The minimum atomic E-state index is -0.0179. The average Bonchev–Trinajstić information content (AvgIpc) is 2.84. The first-order valence-corrected chi connectivity index (χ1v) is 12.1. The van der Waals surface area contributed by atoms with E-state index in [0.29, 0.717) is 17.5 Å². The fraction of sp³-hybridized carbons (Fsp3) is 0.464. The lowest BCUT2D eigenvalue weighted by molar-refractivity contribution is -0.122. The number of benzene rings is 1. The van der Waals surface area contributed by atoms with Crippen molar-refractivity contribution in [3.8, 4) is 11.5 Å². The summed E-state index contributed by atoms with van der Waals surface area (Å²) < 4.78 is 10.9. The van der Waals surface area contributed by atoms with Gasteiger partial charge in [-0.05, 0) is 81.1 Å². The van der Waals surface area contributed by atoms with Crippen LogP contribution in [0.1, 0.15) is 38.7 Å². The van der Waals surface area contributed by atoms with Crippen LogP contribution in [-0.4, -0.2) is 68.1 Å². The van der Waals surface area contributed by atoms with Gasteiger partial charge >= 0.3 is 0 Å². The molecule has 6 nitrogen and oxygen atoms in total. The highest BCUT2D eigenvalue weighted by atomic mass is 16.5. The van der Waals surface area contributed by atoms with Gasteiger partial charge in [0.15, 0.2) is 11.5 Å². The second-order valence-corrected chi connectivity index (χ2v) is 9.67. The fourth-order valence-electron chi connectivity index (χ4n) is 5.12. The van der Waals surface area contributed by atoms with Gasteiger partial charge in [-0.25, -0.2) is 0 Å². The van der Waals surface area contributed by atoms with E-state index >= 15 is 0 Å². The Labute approximate surface area is 203 Å². The minimum Gasteiger partial charge on any atom is -0.493 e. The van der Waals surface area contributed by atoms with Crippen LogP contribution in [0.25, 0.3) is 5.57 Å². The summed E-state index contributed by atoms with van der Waals surface area (Å²) in [5.41, 5.74) is 5.24. The van der Waals surface area contributed by atoms with Gasteiger partial charge in [-0.1, -0.05) is 19.1 Å². The second-order valence-electron chi connectivity index (χ2n) is 9.67. The highest BCUT2D eigenvalue weighted by Gasteiger charge is 2.28. The predicted octanol–water partition coefficient (Wildman–Crippen LogP) is 4.67. The number of rotatable bonds is 5. The van der Waals surface area contributed by atoms with Gasteiger partial charge in [-0.3, -0.25) is 9.69 Å². The molecule has 3 aliphatic rings. The Balaban J connectivity index is 1.63. The summed E-state index contributed by atoms with van der Waals surface area (Å²) in [6, 6.07) is 6.48. The number of carbonyl (C=O) groups is 1. The molecule has 34 heavy (non-hydrogen) atoms. The number of amides is 1. The maximum Gasteiger partial charge on any atom is 0.255 e. The molecule has 1 saturated heterocycles. The van der Waals surface area contributed by atoms with Crippen molar-refractivity contribution >= 4 is 11.5 Å². The van der Waals surface area contributed by atoms with Crippen molar-refractivity contribution in [1.29, 1.82) is 0 Å². The second kappa shape index (κ2) is 10.1. The largest absolute Gasteiger partial charge is 0.493 e. The maximum atomic E-state index is 13.6. The van der Waals surface area contributed by atoms with Crippen LogP contribution < -0.4 is 9.47 Å². The number of ether oxygens (including phenoxy) is 2. The summed E-state index contributed by atoms with van der Waals surface area (Å²) in [6.45, 7) is 6.28. The molecule has 6 heteroatoms. The molecular weight excluding hydrogens is 426 g/mol. The highest BCUT2D eigenvalue weighted by molar-refractivity contribution is 5.98. The quantitative estimate of drug-likeness (QED) is 0.635. The van der Waals surface area contributed by atoms with Crippen LogP contribution in [0.4, 0.5) is 0 Å². The van der Waals surface area contributed by atoms with Gasteiger partial charge in [-0.15, -0.1) is 0 Å². The van der Waals surface area contributed by atoms with Crippen LogP contribution in [0.5, 0.6) is 11.5 Å². The lowest BCUT2D eigenvalue weighted by Gasteiger charge is -2.39. The number of piperidine rings is 1. The smallest absolute Gasteiger partial charge is 0.255 e. The molecule has 0 aliphatic carbocycles. The van der Waals surface area contributed by atoms with Gasteiger partial charge in [0, 0.05) is 37.1 Å². The molecule has 0 spiro atoms. The first-order valence-electron chi connectivity index (χ1n) is 12.1. The van der Waals surface area contributed by atoms with E-state index in [2.05, 4.69) is 49.9 Å². The number of nitrogens with zero attached hydrogens (tertiary/aromatic N) is 3. The van der Waals surface area contributed by atoms with Crippen LogP contribution >= 0.6 is 0 Å². The van der Waals surface area contributed by atoms with Gasteiger partial charge in [0.1, 0.15) is 0 Å². The molecule has 3 heterocycles. The minimum absolute atomic E-state index is 0.0179. The number of hydrogen-bond donors (Lipinski definition) is 0. The van der Waals surface area contributed by atoms with Gasteiger partial charge in [0.2, 0.25) is 0 Å². The van der Waals surface area contributed by atoms with Crippen molar-refractivity contribution in [2.45, 2.75) is 39.2 Å². The van der Waals surface area contributed by atoms with Crippen LogP contribution in [-0.2, 0) is 4.79 Å². The van der Waals surface area contributed by atoms with E-state index in [4.69, 9.17) is 9.47 Å². The van der Waals surface area contributed by atoms with E-state index in [-0.39, 0.29) is 11.8 Å². The normalized spacial score (nSPS) is 21.7. The third-order valence-corrected chi connectivity index (χ3v) is 7.28. The summed E-state index contributed by atoms with van der Waals surface area (Å²) in [4.78, 5) is 20.1. The molecule has 1 aromatic carbocycles. The Hall–Kier alpha value is -2.99. The number of carbonyl (C=O) groups excluding carboxylic acids is 1. The zero-order chi connectivity index (χ0) is 24.4. The van der Waals surface area contributed by atoms with Crippen molar-refractivity contribution < 1.29 is 14.3 Å². The summed E-state index contributed by atoms with van der Waals surface area (Å²) in [6.07, 6.45) is 11.4. The monoisotopic (exact) mass is 463 g/mol. The Bertz CT molecular complexity index is 1060. The van der Waals surface area contributed by atoms with E-state index in [1.807, 2.05) is 29.3 Å². The van der Waals surface area contributed by atoms with E-state index < -0.39 is 0 Å². The lowest BCUT2D eigenvalue weighted by Crippen LogP contribution is -2.42. The molecule has 0 saturated carbocycles. The molecule has 1 unspecified atom stereocenters. The van der Waals surface area contributed by atoms with Crippen LogP contribution in [0.15, 0.2) is 59.6 Å². The Morgan fingerprint density at radius 3 is 2.38 bits per heavy atom. The zero-order valence-corrected chi connectivity index (χ0v) is 21.3. The van der Waals surface area contributed by atoms with Crippen molar-refractivity contribution in [3.05, 3.63) is 65.2 Å². The average molecular weight is 464 g/mol. The lowest BCUT2D eigenvalue weighted by atomic mass is 9.88. The fourth-order valence-corrected chi connectivity index (χ4v) is 5.12. The molecule has 0 aromatic heterocycles. The molecule has 3 aliphatic heterocycles. The van der Waals surface area contributed by atoms with Gasteiger partial charge in [0.25, 0.3) is 5.91 Å². The van der Waals surface area contributed by atoms with Gasteiger partial charge in [0.05, 0.1) is 19.9 Å². The summed E-state index contributed by atoms with van der Waals surface area (Å²) in [5.74, 6) is 1.52. The molecule has 1 atom stereocenters.